The Morgan fingerprint density at radius 1 is 1.69 bits per heavy atom. The lowest BCUT2D eigenvalue weighted by molar-refractivity contribution is -0.147. The smallest absolute Gasteiger partial charge is 0.309 e. The van der Waals surface area contributed by atoms with Gasteiger partial charge in [0.2, 0.25) is 0 Å². The highest BCUT2D eigenvalue weighted by molar-refractivity contribution is 7.11. The Morgan fingerprint density at radius 2 is 2.44 bits per heavy atom. The summed E-state index contributed by atoms with van der Waals surface area (Å²) in [6.07, 6.45) is 1.86. The molecule has 1 atom stereocenters. The van der Waals surface area contributed by atoms with Crippen LogP contribution in [0.3, 0.4) is 0 Å². The van der Waals surface area contributed by atoms with Gasteiger partial charge in [0, 0.05) is 24.2 Å². The van der Waals surface area contributed by atoms with Crippen molar-refractivity contribution in [2.24, 2.45) is 5.92 Å². The van der Waals surface area contributed by atoms with Crippen LogP contribution >= 0.6 is 11.3 Å². The second kappa shape index (κ2) is 6.60. The van der Waals surface area contributed by atoms with Gasteiger partial charge in [0.1, 0.15) is 0 Å². The molecule has 0 aliphatic heterocycles. The van der Waals surface area contributed by atoms with E-state index in [2.05, 4.69) is 10.3 Å². The number of ether oxygens (including phenoxy) is 1. The fourth-order valence-electron chi connectivity index (χ4n) is 1.27. The number of hydrogen-bond donors (Lipinski definition) is 1. The van der Waals surface area contributed by atoms with Gasteiger partial charge >= 0.3 is 5.97 Å². The van der Waals surface area contributed by atoms with Gasteiger partial charge in [0.25, 0.3) is 0 Å². The Morgan fingerprint density at radius 3 is 3.00 bits per heavy atom. The molecule has 1 unspecified atom stereocenters. The van der Waals surface area contributed by atoms with E-state index in [0.717, 1.165) is 11.6 Å². The molecule has 0 aromatic carbocycles. The fraction of sp³-hybridized carbons (Fsp3) is 0.636. The largest absolute Gasteiger partial charge is 0.466 e. The molecule has 1 rings (SSSR count). The molecule has 16 heavy (non-hydrogen) atoms. The molecule has 0 aliphatic carbocycles. The first-order chi connectivity index (χ1) is 7.63. The molecular weight excluding hydrogens is 224 g/mol. The minimum atomic E-state index is -0.143. The third-order valence-electron chi connectivity index (χ3n) is 2.11. The van der Waals surface area contributed by atoms with E-state index in [1.165, 1.54) is 4.88 Å². The van der Waals surface area contributed by atoms with Gasteiger partial charge in [0.05, 0.1) is 17.5 Å². The van der Waals surface area contributed by atoms with Gasteiger partial charge in [-0.05, 0) is 13.8 Å². The number of hydrogen-bond acceptors (Lipinski definition) is 5. The van der Waals surface area contributed by atoms with Crippen molar-refractivity contribution in [1.82, 2.24) is 10.3 Å². The molecular formula is C11H18N2O2S. The molecule has 0 spiro atoms. The van der Waals surface area contributed by atoms with Crippen molar-refractivity contribution in [3.05, 3.63) is 16.1 Å². The van der Waals surface area contributed by atoms with Crippen LogP contribution in [0.2, 0.25) is 0 Å². The zero-order chi connectivity index (χ0) is 12.0. The van der Waals surface area contributed by atoms with Crippen LogP contribution in [-0.2, 0) is 16.1 Å². The Labute approximate surface area is 100 Å². The van der Waals surface area contributed by atoms with Crippen molar-refractivity contribution in [2.75, 3.05) is 13.2 Å². The summed E-state index contributed by atoms with van der Waals surface area (Å²) in [6.45, 7) is 7.50. The number of aryl methyl sites for hydroxylation is 1. The molecule has 0 aliphatic rings. The molecule has 0 amide bonds. The van der Waals surface area contributed by atoms with Crippen molar-refractivity contribution >= 4 is 17.3 Å². The molecule has 4 nitrogen and oxygen atoms in total. The minimum absolute atomic E-state index is 0.103. The van der Waals surface area contributed by atoms with E-state index in [1.807, 2.05) is 27.0 Å². The summed E-state index contributed by atoms with van der Waals surface area (Å²) >= 11 is 1.67. The summed E-state index contributed by atoms with van der Waals surface area (Å²) in [5.74, 6) is -0.246. The molecule has 1 heterocycles. The van der Waals surface area contributed by atoms with Crippen LogP contribution in [0.25, 0.3) is 0 Å². The lowest BCUT2D eigenvalue weighted by Crippen LogP contribution is -2.27. The Hall–Kier alpha value is -0.940. The van der Waals surface area contributed by atoms with Crippen LogP contribution in [0.4, 0.5) is 0 Å². The highest BCUT2D eigenvalue weighted by Gasteiger charge is 2.13. The Kier molecular flexibility index (Phi) is 5.42. The van der Waals surface area contributed by atoms with E-state index in [-0.39, 0.29) is 11.9 Å². The summed E-state index contributed by atoms with van der Waals surface area (Å²) < 4.78 is 4.92. The number of nitrogens with zero attached hydrogens (tertiary/aromatic N) is 1. The zero-order valence-electron chi connectivity index (χ0n) is 9.95. The van der Waals surface area contributed by atoms with E-state index in [1.54, 1.807) is 11.3 Å². The zero-order valence-corrected chi connectivity index (χ0v) is 10.8. The number of carbonyl (C=O) groups is 1. The third kappa shape index (κ3) is 4.28. The number of aromatic nitrogens is 1. The van der Waals surface area contributed by atoms with Gasteiger partial charge in [-0.15, -0.1) is 11.3 Å². The fourth-order valence-corrected chi connectivity index (χ4v) is 2.03. The molecule has 0 saturated heterocycles. The lowest BCUT2D eigenvalue weighted by Gasteiger charge is -2.10. The first-order valence-electron chi connectivity index (χ1n) is 5.42. The lowest BCUT2D eigenvalue weighted by atomic mass is 10.2. The second-order valence-corrected chi connectivity index (χ2v) is 4.95. The second-order valence-electron chi connectivity index (χ2n) is 3.63. The summed E-state index contributed by atoms with van der Waals surface area (Å²) in [5.41, 5.74) is 0. The van der Waals surface area contributed by atoms with E-state index in [9.17, 15) is 4.79 Å². The van der Waals surface area contributed by atoms with Crippen LogP contribution in [-0.4, -0.2) is 24.1 Å². The van der Waals surface area contributed by atoms with Gasteiger partial charge in [-0.3, -0.25) is 4.79 Å². The van der Waals surface area contributed by atoms with Gasteiger partial charge in [-0.2, -0.15) is 0 Å². The Balaban J connectivity index is 2.22. The van der Waals surface area contributed by atoms with Crippen LogP contribution in [0, 0.1) is 12.8 Å². The molecule has 1 N–H and O–H groups in total. The standard InChI is InChI=1S/C11H18N2O2S/c1-4-15-11(14)8(2)5-12-6-10-7-13-9(3)16-10/h7-8,12H,4-6H2,1-3H3. The van der Waals surface area contributed by atoms with Crippen molar-refractivity contribution in [1.29, 1.82) is 0 Å². The number of nitrogens with one attached hydrogen (secondary N) is 1. The van der Waals surface area contributed by atoms with E-state index in [4.69, 9.17) is 4.74 Å². The van der Waals surface area contributed by atoms with E-state index in [0.29, 0.717) is 13.2 Å². The minimum Gasteiger partial charge on any atom is -0.466 e. The van der Waals surface area contributed by atoms with Gasteiger partial charge in [-0.25, -0.2) is 4.98 Å². The average Bonchev–Trinajstić information content (AvgIpc) is 2.64. The summed E-state index contributed by atoms with van der Waals surface area (Å²) in [7, 11) is 0. The normalized spacial score (nSPS) is 12.4. The maximum atomic E-state index is 11.3. The van der Waals surface area contributed by atoms with Crippen molar-refractivity contribution in [3.63, 3.8) is 0 Å². The highest BCUT2D eigenvalue weighted by atomic mass is 32.1. The van der Waals surface area contributed by atoms with Crippen LogP contribution in [0.5, 0.6) is 0 Å². The first kappa shape index (κ1) is 13.1. The maximum absolute atomic E-state index is 11.3. The number of thiazole rings is 1. The molecule has 0 radical (unpaired) electrons. The summed E-state index contributed by atoms with van der Waals surface area (Å²) in [5, 5.41) is 4.29. The number of carbonyl (C=O) groups excluding carboxylic acids is 1. The molecule has 0 saturated carbocycles. The maximum Gasteiger partial charge on any atom is 0.309 e. The van der Waals surface area contributed by atoms with Crippen molar-refractivity contribution in [2.45, 2.75) is 27.3 Å². The third-order valence-corrected chi connectivity index (χ3v) is 3.02. The highest BCUT2D eigenvalue weighted by Crippen LogP contribution is 2.10. The van der Waals surface area contributed by atoms with Gasteiger partial charge in [0.15, 0.2) is 0 Å². The number of rotatable bonds is 6. The van der Waals surface area contributed by atoms with Crippen LogP contribution in [0.15, 0.2) is 6.20 Å². The molecule has 5 heteroatoms. The topological polar surface area (TPSA) is 51.2 Å². The molecule has 1 aromatic rings. The van der Waals surface area contributed by atoms with Gasteiger partial charge in [-0.1, -0.05) is 6.92 Å². The van der Waals surface area contributed by atoms with Crippen molar-refractivity contribution < 1.29 is 9.53 Å². The molecule has 90 valence electrons. The number of esters is 1. The molecule has 1 aromatic heterocycles. The van der Waals surface area contributed by atoms with Crippen LogP contribution in [0.1, 0.15) is 23.7 Å². The summed E-state index contributed by atoms with van der Waals surface area (Å²) in [6, 6.07) is 0. The van der Waals surface area contributed by atoms with E-state index < -0.39 is 0 Å². The predicted octanol–water partition coefficient (Wildman–Crippen LogP) is 1.74. The molecule has 0 fully saturated rings. The van der Waals surface area contributed by atoms with Crippen LogP contribution < -0.4 is 5.32 Å². The van der Waals surface area contributed by atoms with Gasteiger partial charge < -0.3 is 10.1 Å². The first-order valence-corrected chi connectivity index (χ1v) is 6.23. The van der Waals surface area contributed by atoms with E-state index >= 15 is 0 Å². The molecule has 0 bridgehead atoms. The monoisotopic (exact) mass is 242 g/mol. The quantitative estimate of drug-likeness (QED) is 0.772. The Bertz CT molecular complexity index is 338. The van der Waals surface area contributed by atoms with Crippen molar-refractivity contribution in [3.8, 4) is 0 Å². The SMILES string of the molecule is CCOC(=O)C(C)CNCc1cnc(C)s1. The summed E-state index contributed by atoms with van der Waals surface area (Å²) in [4.78, 5) is 16.7. The predicted molar refractivity (Wildman–Crippen MR) is 64.4 cm³/mol. The average molecular weight is 242 g/mol.